The van der Waals surface area contributed by atoms with Crippen LogP contribution in [0.25, 0.3) is 0 Å². The predicted molar refractivity (Wildman–Crippen MR) is 54.4 cm³/mol. The van der Waals surface area contributed by atoms with Crippen molar-refractivity contribution in [1.82, 2.24) is 4.57 Å². The van der Waals surface area contributed by atoms with Crippen LogP contribution in [-0.2, 0) is 19.0 Å². The zero-order valence-corrected chi connectivity index (χ0v) is 9.13. The first-order valence-electron chi connectivity index (χ1n) is 4.32. The van der Waals surface area contributed by atoms with Crippen LogP contribution in [0.2, 0.25) is 0 Å². The van der Waals surface area contributed by atoms with Gasteiger partial charge in [0.1, 0.15) is 0 Å². The monoisotopic (exact) mass is 244 g/mol. The Morgan fingerprint density at radius 1 is 1.77 bits per heavy atom. The summed E-state index contributed by atoms with van der Waals surface area (Å²) in [6, 6.07) is 0. The van der Waals surface area contributed by atoms with Crippen molar-refractivity contribution in [2.45, 2.75) is 18.4 Å². The molecule has 1 unspecified atom stereocenters. The number of nitrogens with two attached hydrogens (primary N) is 1. The molecule has 0 radical (unpaired) electrons. The molecule has 0 aromatic carbocycles. The Morgan fingerprint density at radius 2 is 2.46 bits per heavy atom. The van der Waals surface area contributed by atoms with Crippen molar-refractivity contribution in [3.05, 3.63) is 21.9 Å². The molecule has 0 saturated carbocycles. The van der Waals surface area contributed by atoms with E-state index in [0.717, 1.165) is 23.0 Å². The molecule has 1 heterocycles. The van der Waals surface area contributed by atoms with E-state index in [2.05, 4.69) is 15.9 Å². The molecule has 0 spiro atoms. The molecule has 3 N–H and O–H groups in total. The molecule has 13 heavy (non-hydrogen) atoms. The zero-order chi connectivity index (χ0) is 9.64. The molecule has 4 heteroatoms. The largest absolute Gasteiger partial charge is 0.394 e. The first kappa shape index (κ1) is 9.24. The van der Waals surface area contributed by atoms with Gasteiger partial charge in [0.25, 0.3) is 0 Å². The summed E-state index contributed by atoms with van der Waals surface area (Å²) in [5.41, 5.74) is 7.89. The number of rotatable bonds is 1. The number of nitrogens with zero attached hydrogens (tertiary/aromatic N) is 1. The van der Waals surface area contributed by atoms with Gasteiger partial charge in [0.05, 0.1) is 16.7 Å². The maximum absolute atomic E-state index is 9.22. The van der Waals surface area contributed by atoms with E-state index in [9.17, 15) is 5.11 Å². The standard InChI is InChI=1S/C9H13BrN2O/c1-12-4-7-6(8(12)10)2-3-9(7,11)5-13/h4,13H,2-3,5,11H2,1H3. The second-order valence-corrected chi connectivity index (χ2v) is 4.49. The minimum atomic E-state index is -0.515. The third-order valence-electron chi connectivity index (χ3n) is 2.85. The maximum Gasteiger partial charge on any atom is 0.0879 e. The number of halogens is 1. The molecule has 72 valence electrons. The maximum atomic E-state index is 9.22. The molecule has 2 rings (SSSR count). The van der Waals surface area contributed by atoms with Crippen LogP contribution >= 0.6 is 15.9 Å². The summed E-state index contributed by atoms with van der Waals surface area (Å²) < 4.78 is 3.09. The number of fused-ring (bicyclic) bond motifs is 1. The SMILES string of the molecule is Cn1cc2c(c1Br)CCC2(N)CO. The highest BCUT2D eigenvalue weighted by Gasteiger charge is 2.37. The highest BCUT2D eigenvalue weighted by molar-refractivity contribution is 9.10. The fourth-order valence-corrected chi connectivity index (χ4v) is 2.48. The molecule has 0 fully saturated rings. The van der Waals surface area contributed by atoms with Crippen LogP contribution < -0.4 is 5.73 Å². The van der Waals surface area contributed by atoms with E-state index >= 15 is 0 Å². The molecule has 0 aliphatic heterocycles. The third kappa shape index (κ3) is 1.16. The van der Waals surface area contributed by atoms with Crippen LogP contribution in [0.3, 0.4) is 0 Å². The Balaban J connectivity index is 2.54. The van der Waals surface area contributed by atoms with Gasteiger partial charge < -0.3 is 15.4 Å². The zero-order valence-electron chi connectivity index (χ0n) is 7.55. The Morgan fingerprint density at radius 3 is 3.08 bits per heavy atom. The van der Waals surface area contributed by atoms with E-state index in [-0.39, 0.29) is 6.61 Å². The highest BCUT2D eigenvalue weighted by atomic mass is 79.9. The molecular weight excluding hydrogens is 232 g/mol. The average molecular weight is 245 g/mol. The first-order valence-corrected chi connectivity index (χ1v) is 5.12. The van der Waals surface area contributed by atoms with Crippen molar-refractivity contribution in [1.29, 1.82) is 0 Å². The summed E-state index contributed by atoms with van der Waals surface area (Å²) in [5, 5.41) is 9.22. The fourth-order valence-electron chi connectivity index (χ4n) is 1.97. The molecule has 1 aliphatic carbocycles. The molecule has 1 aliphatic rings. The quantitative estimate of drug-likeness (QED) is 0.771. The molecule has 0 amide bonds. The first-order chi connectivity index (χ1) is 6.08. The highest BCUT2D eigenvalue weighted by Crippen LogP contribution is 2.39. The van der Waals surface area contributed by atoms with Crippen molar-refractivity contribution < 1.29 is 5.11 Å². The summed E-state index contributed by atoms with van der Waals surface area (Å²) in [6.45, 7) is 0.0243. The molecule has 1 atom stereocenters. The summed E-state index contributed by atoms with van der Waals surface area (Å²) in [5.74, 6) is 0. The fraction of sp³-hybridized carbons (Fsp3) is 0.556. The van der Waals surface area contributed by atoms with Gasteiger partial charge >= 0.3 is 0 Å². The lowest BCUT2D eigenvalue weighted by Gasteiger charge is -2.20. The van der Waals surface area contributed by atoms with Crippen molar-refractivity contribution in [2.24, 2.45) is 12.8 Å². The number of aliphatic hydroxyl groups excluding tert-OH is 1. The van der Waals surface area contributed by atoms with E-state index in [1.54, 1.807) is 0 Å². The number of aryl methyl sites for hydroxylation is 1. The van der Waals surface area contributed by atoms with Gasteiger partial charge in [-0.25, -0.2) is 0 Å². The molecule has 1 aromatic heterocycles. The summed E-state index contributed by atoms with van der Waals surface area (Å²) in [7, 11) is 1.97. The van der Waals surface area contributed by atoms with E-state index in [1.807, 2.05) is 17.8 Å². The number of aromatic nitrogens is 1. The van der Waals surface area contributed by atoms with E-state index in [4.69, 9.17) is 5.73 Å². The lowest BCUT2D eigenvalue weighted by Crippen LogP contribution is -2.37. The predicted octanol–water partition coefficient (Wildman–Crippen LogP) is 0.880. The molecule has 3 nitrogen and oxygen atoms in total. The van der Waals surface area contributed by atoms with E-state index in [1.165, 1.54) is 5.56 Å². The van der Waals surface area contributed by atoms with Gasteiger partial charge in [-0.2, -0.15) is 0 Å². The van der Waals surface area contributed by atoms with Gasteiger partial charge in [-0.3, -0.25) is 0 Å². The normalized spacial score (nSPS) is 26.5. The van der Waals surface area contributed by atoms with Crippen LogP contribution in [0.5, 0.6) is 0 Å². The summed E-state index contributed by atoms with van der Waals surface area (Å²) in [6.07, 6.45) is 3.80. The second kappa shape index (κ2) is 2.83. The minimum Gasteiger partial charge on any atom is -0.394 e. The number of hydrogen-bond donors (Lipinski definition) is 2. The lowest BCUT2D eigenvalue weighted by atomic mass is 9.97. The molecular formula is C9H13BrN2O. The Kier molecular flexibility index (Phi) is 2.02. The van der Waals surface area contributed by atoms with Crippen LogP contribution in [-0.4, -0.2) is 16.3 Å². The van der Waals surface area contributed by atoms with Gasteiger partial charge in [-0.05, 0) is 39.9 Å². The van der Waals surface area contributed by atoms with Crippen molar-refractivity contribution >= 4 is 15.9 Å². The van der Waals surface area contributed by atoms with Crippen molar-refractivity contribution in [3.63, 3.8) is 0 Å². The van der Waals surface area contributed by atoms with Crippen LogP contribution in [0.4, 0.5) is 0 Å². The van der Waals surface area contributed by atoms with Crippen LogP contribution in [0, 0.1) is 0 Å². The summed E-state index contributed by atoms with van der Waals surface area (Å²) >= 11 is 3.51. The van der Waals surface area contributed by atoms with Gasteiger partial charge in [0.2, 0.25) is 0 Å². The van der Waals surface area contributed by atoms with Gasteiger partial charge in [0, 0.05) is 13.2 Å². The minimum absolute atomic E-state index is 0.0243. The number of hydrogen-bond acceptors (Lipinski definition) is 2. The van der Waals surface area contributed by atoms with E-state index in [0.29, 0.717) is 0 Å². The van der Waals surface area contributed by atoms with Crippen molar-refractivity contribution in [3.8, 4) is 0 Å². The Hall–Kier alpha value is -0.320. The van der Waals surface area contributed by atoms with Crippen LogP contribution in [0.1, 0.15) is 17.5 Å². The van der Waals surface area contributed by atoms with E-state index < -0.39 is 5.54 Å². The topological polar surface area (TPSA) is 51.2 Å². The second-order valence-electron chi connectivity index (χ2n) is 3.74. The Bertz CT molecular complexity index is 348. The summed E-state index contributed by atoms with van der Waals surface area (Å²) in [4.78, 5) is 0. The van der Waals surface area contributed by atoms with Crippen molar-refractivity contribution in [2.75, 3.05) is 6.61 Å². The smallest absolute Gasteiger partial charge is 0.0879 e. The molecule has 0 bridgehead atoms. The molecule has 0 saturated heterocycles. The average Bonchev–Trinajstić information content (AvgIpc) is 2.57. The van der Waals surface area contributed by atoms with Gasteiger partial charge in [0.15, 0.2) is 0 Å². The van der Waals surface area contributed by atoms with Gasteiger partial charge in [-0.15, -0.1) is 0 Å². The molecule has 1 aromatic rings. The van der Waals surface area contributed by atoms with Gasteiger partial charge in [-0.1, -0.05) is 0 Å². The number of aliphatic hydroxyl groups is 1. The van der Waals surface area contributed by atoms with Crippen LogP contribution in [0.15, 0.2) is 10.8 Å². The lowest BCUT2D eigenvalue weighted by molar-refractivity contribution is 0.196. The third-order valence-corrected chi connectivity index (χ3v) is 3.88. The Labute approximate surface area is 85.7 Å².